The van der Waals surface area contributed by atoms with E-state index < -0.39 is 0 Å². The van der Waals surface area contributed by atoms with Gasteiger partial charge in [-0.2, -0.15) is 0 Å². The zero-order valence-electron chi connectivity index (χ0n) is 10.9. The molecule has 1 fully saturated rings. The zero-order valence-corrected chi connectivity index (χ0v) is 12.5. The first-order chi connectivity index (χ1) is 8.67. The van der Waals surface area contributed by atoms with Crippen molar-refractivity contribution in [3.8, 4) is 0 Å². The van der Waals surface area contributed by atoms with Crippen molar-refractivity contribution in [2.24, 2.45) is 0 Å². The topological polar surface area (TPSA) is 61.0 Å². The van der Waals surface area contributed by atoms with Crippen LogP contribution in [0.4, 0.5) is 5.82 Å². The second-order valence-corrected chi connectivity index (χ2v) is 5.57. The van der Waals surface area contributed by atoms with Crippen molar-refractivity contribution < 1.29 is 4.74 Å². The Labute approximate surface area is 116 Å². The maximum Gasteiger partial charge on any atom is 0.159 e. The van der Waals surface area contributed by atoms with E-state index in [1.54, 1.807) is 7.11 Å². The SMILES string of the molecule is CCC(OC)c1nc(N)c(Br)c(C2CCCC2)n1. The fraction of sp³-hybridized carbons (Fsp3) is 0.692. The molecule has 1 aromatic heterocycles. The normalized spacial score (nSPS) is 18.2. The molecule has 0 bridgehead atoms. The van der Waals surface area contributed by atoms with Crippen LogP contribution in [-0.2, 0) is 4.74 Å². The molecule has 1 aromatic rings. The van der Waals surface area contributed by atoms with E-state index in [-0.39, 0.29) is 6.10 Å². The van der Waals surface area contributed by atoms with Crippen molar-refractivity contribution in [3.63, 3.8) is 0 Å². The molecule has 2 N–H and O–H groups in total. The van der Waals surface area contributed by atoms with Crippen molar-refractivity contribution in [1.29, 1.82) is 0 Å². The van der Waals surface area contributed by atoms with Crippen molar-refractivity contribution in [3.05, 3.63) is 16.0 Å². The molecular formula is C13H20BrN3O. The molecule has 2 rings (SSSR count). The number of ether oxygens (including phenoxy) is 1. The minimum atomic E-state index is -0.0689. The highest BCUT2D eigenvalue weighted by molar-refractivity contribution is 9.10. The second kappa shape index (κ2) is 5.97. The van der Waals surface area contributed by atoms with Gasteiger partial charge in [-0.3, -0.25) is 0 Å². The molecule has 0 radical (unpaired) electrons. The largest absolute Gasteiger partial charge is 0.383 e. The number of hydrogen-bond acceptors (Lipinski definition) is 4. The van der Waals surface area contributed by atoms with E-state index in [1.165, 1.54) is 25.7 Å². The zero-order chi connectivity index (χ0) is 13.1. The molecule has 4 nitrogen and oxygen atoms in total. The number of methoxy groups -OCH3 is 1. The molecule has 0 saturated heterocycles. The lowest BCUT2D eigenvalue weighted by atomic mass is 10.0. The Morgan fingerprint density at radius 1 is 1.39 bits per heavy atom. The molecule has 0 aliphatic heterocycles. The van der Waals surface area contributed by atoms with Crippen molar-refractivity contribution in [1.82, 2.24) is 9.97 Å². The molecule has 1 saturated carbocycles. The molecule has 1 unspecified atom stereocenters. The summed E-state index contributed by atoms with van der Waals surface area (Å²) < 4.78 is 6.27. The molecule has 18 heavy (non-hydrogen) atoms. The first kappa shape index (κ1) is 13.7. The van der Waals surface area contributed by atoms with Gasteiger partial charge in [-0.1, -0.05) is 19.8 Å². The van der Waals surface area contributed by atoms with Crippen LogP contribution in [0.1, 0.15) is 62.6 Å². The molecule has 1 heterocycles. The quantitative estimate of drug-likeness (QED) is 0.923. The van der Waals surface area contributed by atoms with Crippen LogP contribution in [0.25, 0.3) is 0 Å². The van der Waals surface area contributed by atoms with Crippen molar-refractivity contribution in [2.45, 2.75) is 51.0 Å². The highest BCUT2D eigenvalue weighted by Gasteiger charge is 2.24. The average molecular weight is 314 g/mol. The summed E-state index contributed by atoms with van der Waals surface area (Å²) in [5.41, 5.74) is 7.04. The molecular weight excluding hydrogens is 294 g/mol. The average Bonchev–Trinajstić information content (AvgIpc) is 2.88. The van der Waals surface area contributed by atoms with Crippen molar-refractivity contribution >= 4 is 21.7 Å². The summed E-state index contributed by atoms with van der Waals surface area (Å²) in [6.07, 6.45) is 5.72. The maximum atomic E-state index is 5.98. The molecule has 1 atom stereocenters. The molecule has 0 spiro atoms. The summed E-state index contributed by atoms with van der Waals surface area (Å²) >= 11 is 3.53. The van der Waals surface area contributed by atoms with Gasteiger partial charge in [0.25, 0.3) is 0 Å². The van der Waals surface area contributed by atoms with Crippen LogP contribution in [0.15, 0.2) is 4.47 Å². The Bertz CT molecular complexity index is 415. The maximum absolute atomic E-state index is 5.98. The van der Waals surface area contributed by atoms with Crippen LogP contribution in [0.2, 0.25) is 0 Å². The number of nitrogen functional groups attached to an aromatic ring is 1. The third-order valence-corrected chi connectivity index (χ3v) is 4.42. The van der Waals surface area contributed by atoms with Gasteiger partial charge < -0.3 is 10.5 Å². The smallest absolute Gasteiger partial charge is 0.159 e. The van der Waals surface area contributed by atoms with Gasteiger partial charge >= 0.3 is 0 Å². The number of nitrogens with two attached hydrogens (primary N) is 1. The summed E-state index contributed by atoms with van der Waals surface area (Å²) in [4.78, 5) is 9.04. The Morgan fingerprint density at radius 2 is 2.06 bits per heavy atom. The third-order valence-electron chi connectivity index (χ3n) is 3.60. The van der Waals surface area contributed by atoms with Gasteiger partial charge in [0.1, 0.15) is 11.9 Å². The van der Waals surface area contributed by atoms with Gasteiger partial charge in [-0.15, -0.1) is 0 Å². The van der Waals surface area contributed by atoms with Crippen LogP contribution in [-0.4, -0.2) is 17.1 Å². The standard InChI is InChI=1S/C13H20BrN3O/c1-3-9(18-2)13-16-11(8-6-4-5-7-8)10(14)12(15)17-13/h8-9H,3-7H2,1-2H3,(H2,15,16,17). The monoisotopic (exact) mass is 313 g/mol. The van der Waals surface area contributed by atoms with Crippen LogP contribution in [0.5, 0.6) is 0 Å². The van der Waals surface area contributed by atoms with Crippen molar-refractivity contribution in [2.75, 3.05) is 12.8 Å². The predicted octanol–water partition coefficient (Wildman–Crippen LogP) is 3.58. The molecule has 0 aromatic carbocycles. The number of anilines is 1. The molecule has 1 aliphatic rings. The van der Waals surface area contributed by atoms with Gasteiger partial charge in [0.2, 0.25) is 0 Å². The molecule has 0 amide bonds. The number of nitrogens with zero attached hydrogens (tertiary/aromatic N) is 2. The van der Waals surface area contributed by atoms with Gasteiger partial charge in [-0.05, 0) is 35.2 Å². The van der Waals surface area contributed by atoms with E-state index in [9.17, 15) is 0 Å². The number of rotatable bonds is 4. The van der Waals surface area contributed by atoms with Crippen LogP contribution < -0.4 is 5.73 Å². The lowest BCUT2D eigenvalue weighted by molar-refractivity contribution is 0.0924. The fourth-order valence-electron chi connectivity index (χ4n) is 2.57. The van der Waals surface area contributed by atoms with E-state index in [4.69, 9.17) is 15.5 Å². The van der Waals surface area contributed by atoms with Crippen LogP contribution in [0, 0.1) is 0 Å². The highest BCUT2D eigenvalue weighted by Crippen LogP contribution is 2.38. The number of aromatic nitrogens is 2. The summed E-state index contributed by atoms with van der Waals surface area (Å²) in [6, 6.07) is 0. The third kappa shape index (κ3) is 2.67. The summed E-state index contributed by atoms with van der Waals surface area (Å²) in [5.74, 6) is 1.75. The minimum Gasteiger partial charge on any atom is -0.383 e. The van der Waals surface area contributed by atoms with E-state index >= 15 is 0 Å². The lowest BCUT2D eigenvalue weighted by Gasteiger charge is -2.17. The Balaban J connectivity index is 2.38. The van der Waals surface area contributed by atoms with E-state index in [0.29, 0.717) is 17.6 Å². The second-order valence-electron chi connectivity index (χ2n) is 4.78. The first-order valence-electron chi connectivity index (χ1n) is 6.53. The van der Waals surface area contributed by atoms with E-state index in [1.807, 2.05) is 0 Å². The Hall–Kier alpha value is -0.680. The molecule has 5 heteroatoms. The van der Waals surface area contributed by atoms with E-state index in [2.05, 4.69) is 27.8 Å². The minimum absolute atomic E-state index is 0.0689. The Kier molecular flexibility index (Phi) is 4.56. The lowest BCUT2D eigenvalue weighted by Crippen LogP contribution is -2.12. The number of hydrogen-bond donors (Lipinski definition) is 1. The first-order valence-corrected chi connectivity index (χ1v) is 7.32. The molecule has 1 aliphatic carbocycles. The Morgan fingerprint density at radius 3 is 2.61 bits per heavy atom. The highest BCUT2D eigenvalue weighted by atomic mass is 79.9. The number of halogens is 1. The fourth-order valence-corrected chi connectivity index (χ4v) is 3.07. The summed E-state index contributed by atoms with van der Waals surface area (Å²) in [6.45, 7) is 2.06. The van der Waals surface area contributed by atoms with E-state index in [0.717, 1.165) is 16.6 Å². The molecule has 100 valence electrons. The van der Waals surface area contributed by atoms with Crippen LogP contribution in [0.3, 0.4) is 0 Å². The summed E-state index contributed by atoms with van der Waals surface area (Å²) in [7, 11) is 1.69. The van der Waals surface area contributed by atoms with Gasteiger partial charge in [0, 0.05) is 13.0 Å². The summed E-state index contributed by atoms with van der Waals surface area (Å²) in [5, 5.41) is 0. The van der Waals surface area contributed by atoms with Gasteiger partial charge in [-0.25, -0.2) is 9.97 Å². The predicted molar refractivity (Wildman–Crippen MR) is 75.4 cm³/mol. The van der Waals surface area contributed by atoms with Gasteiger partial charge in [0.05, 0.1) is 10.2 Å². The van der Waals surface area contributed by atoms with Gasteiger partial charge in [0.15, 0.2) is 5.82 Å². The van der Waals surface area contributed by atoms with Crippen LogP contribution >= 0.6 is 15.9 Å².